The summed E-state index contributed by atoms with van der Waals surface area (Å²) in [5.74, 6) is 0.299. The number of nitrogens with zero attached hydrogens (tertiary/aromatic N) is 1. The van der Waals surface area contributed by atoms with E-state index >= 15 is 0 Å². The Morgan fingerprint density at radius 2 is 2.09 bits per heavy atom. The highest BCUT2D eigenvalue weighted by Crippen LogP contribution is 2.33. The van der Waals surface area contributed by atoms with Gasteiger partial charge >= 0.3 is 0 Å². The average Bonchev–Trinajstić information content (AvgIpc) is 3.26. The van der Waals surface area contributed by atoms with Gasteiger partial charge in [0, 0.05) is 24.7 Å². The molecule has 0 unspecified atom stereocenters. The Kier molecular flexibility index (Phi) is 4.19. The molecule has 2 amide bonds. The zero-order chi connectivity index (χ0) is 15.7. The molecular formula is C18H24N2O2. The van der Waals surface area contributed by atoms with Crippen molar-refractivity contribution in [2.45, 2.75) is 51.5 Å². The van der Waals surface area contributed by atoms with Crippen LogP contribution in [0.1, 0.15) is 51.0 Å². The van der Waals surface area contributed by atoms with Gasteiger partial charge in [0.05, 0.1) is 5.92 Å². The van der Waals surface area contributed by atoms with Crippen LogP contribution in [0, 0.1) is 5.92 Å². The van der Waals surface area contributed by atoms with E-state index in [0.717, 1.165) is 24.9 Å². The van der Waals surface area contributed by atoms with Crippen LogP contribution in [-0.2, 0) is 9.59 Å². The van der Waals surface area contributed by atoms with E-state index < -0.39 is 0 Å². The molecule has 0 spiro atoms. The van der Waals surface area contributed by atoms with Crippen molar-refractivity contribution < 1.29 is 9.59 Å². The third-order valence-corrected chi connectivity index (χ3v) is 4.79. The number of carbonyl (C=O) groups is 2. The van der Waals surface area contributed by atoms with E-state index in [9.17, 15) is 9.59 Å². The fraction of sp³-hybridized carbons (Fsp3) is 0.556. The molecule has 4 nitrogen and oxygen atoms in total. The molecule has 2 atom stereocenters. The molecular weight excluding hydrogens is 276 g/mol. The summed E-state index contributed by atoms with van der Waals surface area (Å²) in [6.07, 6.45) is 3.51. The zero-order valence-electron chi connectivity index (χ0n) is 13.3. The van der Waals surface area contributed by atoms with Crippen LogP contribution < -0.4 is 10.2 Å². The molecule has 1 aliphatic carbocycles. The monoisotopic (exact) mass is 300 g/mol. The van der Waals surface area contributed by atoms with Gasteiger partial charge < -0.3 is 10.2 Å². The Bertz CT molecular complexity index is 580. The topological polar surface area (TPSA) is 49.4 Å². The van der Waals surface area contributed by atoms with E-state index in [-0.39, 0.29) is 17.7 Å². The third-order valence-electron chi connectivity index (χ3n) is 4.79. The maximum absolute atomic E-state index is 12.4. The van der Waals surface area contributed by atoms with Gasteiger partial charge in [0.15, 0.2) is 0 Å². The van der Waals surface area contributed by atoms with Crippen molar-refractivity contribution in [2.24, 2.45) is 5.92 Å². The molecule has 3 rings (SSSR count). The highest BCUT2D eigenvalue weighted by atomic mass is 16.2. The van der Waals surface area contributed by atoms with Crippen LogP contribution in [-0.4, -0.2) is 24.4 Å². The quantitative estimate of drug-likeness (QED) is 0.909. The minimum atomic E-state index is -0.210. The van der Waals surface area contributed by atoms with Gasteiger partial charge in [-0.05, 0) is 36.8 Å². The lowest BCUT2D eigenvalue weighted by molar-refractivity contribution is -0.126. The van der Waals surface area contributed by atoms with Crippen molar-refractivity contribution in [2.75, 3.05) is 11.4 Å². The molecule has 2 fully saturated rings. The first-order valence-corrected chi connectivity index (χ1v) is 8.29. The van der Waals surface area contributed by atoms with E-state index in [1.165, 1.54) is 5.56 Å². The van der Waals surface area contributed by atoms with Crippen LogP contribution in [0.15, 0.2) is 24.3 Å². The van der Waals surface area contributed by atoms with Crippen LogP contribution >= 0.6 is 0 Å². The number of hydrogen-bond acceptors (Lipinski definition) is 2. The van der Waals surface area contributed by atoms with Crippen LogP contribution in [0.2, 0.25) is 0 Å². The predicted molar refractivity (Wildman–Crippen MR) is 86.8 cm³/mol. The molecule has 1 saturated carbocycles. The first-order chi connectivity index (χ1) is 10.6. The summed E-state index contributed by atoms with van der Waals surface area (Å²) in [6.45, 7) is 4.83. The zero-order valence-corrected chi connectivity index (χ0v) is 13.3. The molecule has 1 aromatic rings. The molecule has 22 heavy (non-hydrogen) atoms. The molecule has 0 radical (unpaired) electrons. The van der Waals surface area contributed by atoms with Gasteiger partial charge in [-0.2, -0.15) is 0 Å². The maximum atomic E-state index is 12.4. The molecule has 1 saturated heterocycles. The van der Waals surface area contributed by atoms with Gasteiger partial charge in [-0.25, -0.2) is 0 Å². The molecule has 1 heterocycles. The summed E-state index contributed by atoms with van der Waals surface area (Å²) >= 11 is 0. The lowest BCUT2D eigenvalue weighted by Crippen LogP contribution is -2.34. The highest BCUT2D eigenvalue weighted by Gasteiger charge is 2.37. The number of para-hydroxylation sites is 1. The predicted octanol–water partition coefficient (Wildman–Crippen LogP) is 2.83. The SMILES string of the molecule is CC[C@@H](C)c1ccccc1N1C[C@H](C(=O)NC2CC2)CC1=O. The highest BCUT2D eigenvalue weighted by molar-refractivity contribution is 6.01. The molecule has 4 heteroatoms. The summed E-state index contributed by atoms with van der Waals surface area (Å²) in [5.41, 5.74) is 2.17. The summed E-state index contributed by atoms with van der Waals surface area (Å²) in [5, 5.41) is 3.02. The van der Waals surface area contributed by atoms with Gasteiger partial charge in [0.25, 0.3) is 0 Å². The Morgan fingerprint density at radius 1 is 1.36 bits per heavy atom. The first-order valence-electron chi connectivity index (χ1n) is 8.29. The van der Waals surface area contributed by atoms with Crippen molar-refractivity contribution >= 4 is 17.5 Å². The Labute approximate surface area is 131 Å². The van der Waals surface area contributed by atoms with Gasteiger partial charge in [-0.3, -0.25) is 9.59 Å². The second-order valence-corrected chi connectivity index (χ2v) is 6.56. The Balaban J connectivity index is 1.77. The minimum Gasteiger partial charge on any atom is -0.353 e. The first kappa shape index (κ1) is 15.1. The molecule has 1 aliphatic heterocycles. The summed E-state index contributed by atoms with van der Waals surface area (Å²) < 4.78 is 0. The van der Waals surface area contributed by atoms with Gasteiger partial charge in [-0.15, -0.1) is 0 Å². The molecule has 2 aliphatic rings. The third kappa shape index (κ3) is 3.01. The number of carbonyl (C=O) groups excluding carboxylic acids is 2. The minimum absolute atomic E-state index is 0.0411. The molecule has 1 aromatic carbocycles. The van der Waals surface area contributed by atoms with E-state index in [4.69, 9.17) is 0 Å². The summed E-state index contributed by atoms with van der Waals surface area (Å²) in [7, 11) is 0. The fourth-order valence-electron chi connectivity index (χ4n) is 3.03. The number of anilines is 1. The Morgan fingerprint density at radius 3 is 2.77 bits per heavy atom. The summed E-state index contributed by atoms with van der Waals surface area (Å²) in [4.78, 5) is 26.4. The maximum Gasteiger partial charge on any atom is 0.227 e. The van der Waals surface area contributed by atoms with Gasteiger partial charge in [0.1, 0.15) is 0 Å². The van der Waals surface area contributed by atoms with E-state index in [1.54, 1.807) is 4.90 Å². The lowest BCUT2D eigenvalue weighted by atomic mass is 9.96. The van der Waals surface area contributed by atoms with E-state index in [2.05, 4.69) is 25.2 Å². The summed E-state index contributed by atoms with van der Waals surface area (Å²) in [6, 6.07) is 8.42. The molecule has 0 bridgehead atoms. The number of hydrogen-bond donors (Lipinski definition) is 1. The van der Waals surface area contributed by atoms with E-state index in [0.29, 0.717) is 24.9 Å². The molecule has 0 aromatic heterocycles. The number of nitrogens with one attached hydrogen (secondary N) is 1. The van der Waals surface area contributed by atoms with Crippen molar-refractivity contribution in [1.29, 1.82) is 0 Å². The van der Waals surface area contributed by atoms with Gasteiger partial charge in [-0.1, -0.05) is 32.0 Å². The van der Waals surface area contributed by atoms with Gasteiger partial charge in [0.2, 0.25) is 11.8 Å². The van der Waals surface area contributed by atoms with Crippen molar-refractivity contribution in [3.05, 3.63) is 29.8 Å². The standard InChI is InChI=1S/C18H24N2O2/c1-3-12(2)15-6-4-5-7-16(15)20-11-13(10-17(20)21)18(22)19-14-8-9-14/h4-7,12-14H,3,8-11H2,1-2H3,(H,19,22)/t12-,13-/m1/s1. The number of rotatable bonds is 5. The Hall–Kier alpha value is -1.84. The largest absolute Gasteiger partial charge is 0.353 e. The second kappa shape index (κ2) is 6.11. The van der Waals surface area contributed by atoms with Crippen LogP contribution in [0.5, 0.6) is 0 Å². The van der Waals surface area contributed by atoms with E-state index in [1.807, 2.05) is 18.2 Å². The molecule has 118 valence electrons. The normalized spacial score (nSPS) is 22.7. The van der Waals surface area contributed by atoms with Crippen LogP contribution in [0.25, 0.3) is 0 Å². The second-order valence-electron chi connectivity index (χ2n) is 6.56. The molecule has 1 N–H and O–H groups in total. The van der Waals surface area contributed by atoms with Crippen molar-refractivity contribution in [1.82, 2.24) is 5.32 Å². The lowest BCUT2D eigenvalue weighted by Gasteiger charge is -2.23. The van der Waals surface area contributed by atoms with Crippen molar-refractivity contribution in [3.8, 4) is 0 Å². The van der Waals surface area contributed by atoms with Crippen LogP contribution in [0.3, 0.4) is 0 Å². The van der Waals surface area contributed by atoms with Crippen molar-refractivity contribution in [3.63, 3.8) is 0 Å². The fourth-order valence-corrected chi connectivity index (χ4v) is 3.03. The number of benzene rings is 1. The van der Waals surface area contributed by atoms with Crippen LogP contribution in [0.4, 0.5) is 5.69 Å². The smallest absolute Gasteiger partial charge is 0.227 e. The number of amides is 2. The average molecular weight is 300 g/mol.